The largest absolute Gasteiger partial charge is 0.478 e. The highest BCUT2D eigenvalue weighted by atomic mass is 16.4. The van der Waals surface area contributed by atoms with E-state index in [1.807, 2.05) is 19.1 Å². The van der Waals surface area contributed by atoms with Crippen LogP contribution in [0, 0.1) is 6.92 Å². The summed E-state index contributed by atoms with van der Waals surface area (Å²) in [6, 6.07) is 4.26. The van der Waals surface area contributed by atoms with E-state index < -0.39 is 5.97 Å². The highest BCUT2D eigenvalue weighted by molar-refractivity contribution is 5.96. The van der Waals surface area contributed by atoms with Gasteiger partial charge in [-0.3, -0.25) is 0 Å². The minimum Gasteiger partial charge on any atom is -0.478 e. The van der Waals surface area contributed by atoms with Gasteiger partial charge in [0, 0.05) is 29.7 Å². The minimum atomic E-state index is -0.841. The second-order valence-corrected chi connectivity index (χ2v) is 6.94. The summed E-state index contributed by atoms with van der Waals surface area (Å²) in [5, 5.41) is 10.5. The smallest absolute Gasteiger partial charge is 0.335 e. The lowest BCUT2D eigenvalue weighted by Gasteiger charge is -2.13. The third kappa shape index (κ3) is 3.13. The fraction of sp³-hybridized carbons (Fsp3) is 0.526. The Balaban J connectivity index is 2.01. The molecule has 0 bridgehead atoms. The number of aryl methyl sites for hydroxylation is 1. The van der Waals surface area contributed by atoms with Gasteiger partial charge in [0.05, 0.1) is 5.56 Å². The lowest BCUT2D eigenvalue weighted by molar-refractivity contribution is 0.0696. The molecule has 1 aromatic heterocycles. The molecule has 0 saturated carbocycles. The number of aromatic nitrogens is 1. The maximum absolute atomic E-state index is 11.5. The van der Waals surface area contributed by atoms with E-state index in [9.17, 15) is 9.90 Å². The molecule has 1 aromatic carbocycles. The van der Waals surface area contributed by atoms with Gasteiger partial charge < -0.3 is 14.6 Å². The number of benzene rings is 1. The van der Waals surface area contributed by atoms with Crippen molar-refractivity contribution in [3.63, 3.8) is 0 Å². The fourth-order valence-corrected chi connectivity index (χ4v) is 3.61. The molecule has 1 aliphatic rings. The molecule has 1 fully saturated rings. The van der Waals surface area contributed by atoms with Gasteiger partial charge in [-0.1, -0.05) is 0 Å². The molecule has 1 saturated heterocycles. The Morgan fingerprint density at radius 1 is 1.26 bits per heavy atom. The molecule has 0 unspecified atom stereocenters. The van der Waals surface area contributed by atoms with Gasteiger partial charge in [0.25, 0.3) is 0 Å². The molecule has 3 rings (SSSR count). The molecule has 0 aliphatic carbocycles. The number of carboxylic acids is 1. The lowest BCUT2D eigenvalue weighted by Crippen LogP contribution is -2.21. The summed E-state index contributed by atoms with van der Waals surface area (Å²) in [5.41, 5.74) is 3.67. The van der Waals surface area contributed by atoms with Crippen LogP contribution in [0.5, 0.6) is 0 Å². The van der Waals surface area contributed by atoms with E-state index in [0.29, 0.717) is 11.6 Å². The van der Waals surface area contributed by atoms with E-state index in [1.54, 1.807) is 0 Å². The summed E-state index contributed by atoms with van der Waals surface area (Å²) in [7, 11) is 0. The molecule has 1 N–H and O–H groups in total. The molecular formula is C19H26N2O2. The van der Waals surface area contributed by atoms with Crippen molar-refractivity contribution >= 4 is 16.9 Å². The number of hydrogen-bond donors (Lipinski definition) is 1. The average Bonchev–Trinajstić information content (AvgIpc) is 3.11. The third-order valence-corrected chi connectivity index (χ3v) is 4.94. The Hall–Kier alpha value is -1.81. The number of carboxylic acid groups (broad SMARTS) is 1. The monoisotopic (exact) mass is 314 g/mol. The van der Waals surface area contributed by atoms with E-state index in [-0.39, 0.29) is 0 Å². The van der Waals surface area contributed by atoms with Crippen molar-refractivity contribution in [2.75, 3.05) is 19.6 Å². The first kappa shape index (κ1) is 16.1. The van der Waals surface area contributed by atoms with Gasteiger partial charge in [0.15, 0.2) is 0 Å². The van der Waals surface area contributed by atoms with Crippen LogP contribution < -0.4 is 0 Å². The molecule has 0 radical (unpaired) electrons. The average molecular weight is 314 g/mol. The van der Waals surface area contributed by atoms with Crippen LogP contribution in [0.3, 0.4) is 0 Å². The van der Waals surface area contributed by atoms with E-state index in [0.717, 1.165) is 29.4 Å². The van der Waals surface area contributed by atoms with E-state index in [1.165, 1.54) is 31.5 Å². The Kier molecular flexibility index (Phi) is 4.44. The van der Waals surface area contributed by atoms with Crippen molar-refractivity contribution in [2.45, 2.75) is 46.1 Å². The summed E-state index contributed by atoms with van der Waals surface area (Å²) < 4.78 is 2.27. The zero-order valence-corrected chi connectivity index (χ0v) is 14.3. The van der Waals surface area contributed by atoms with Gasteiger partial charge in [-0.05, 0) is 76.4 Å². The number of carbonyl (C=O) groups is 1. The van der Waals surface area contributed by atoms with Gasteiger partial charge in [0.2, 0.25) is 0 Å². The summed E-state index contributed by atoms with van der Waals surface area (Å²) >= 11 is 0. The topological polar surface area (TPSA) is 45.5 Å². The first-order valence-electron chi connectivity index (χ1n) is 8.57. The lowest BCUT2D eigenvalue weighted by atomic mass is 10.0. The van der Waals surface area contributed by atoms with Gasteiger partial charge in [-0.2, -0.15) is 0 Å². The van der Waals surface area contributed by atoms with Crippen LogP contribution in [0.1, 0.15) is 54.2 Å². The van der Waals surface area contributed by atoms with Crippen LogP contribution >= 0.6 is 0 Å². The number of likely N-dealkylation sites (tertiary alicyclic amines) is 1. The second kappa shape index (κ2) is 6.36. The predicted molar refractivity (Wildman–Crippen MR) is 93.4 cm³/mol. The Labute approximate surface area is 137 Å². The number of rotatable bonds is 5. The van der Waals surface area contributed by atoms with E-state index in [2.05, 4.69) is 29.5 Å². The summed E-state index contributed by atoms with van der Waals surface area (Å²) in [4.78, 5) is 14.0. The number of hydrogen-bond acceptors (Lipinski definition) is 2. The number of nitrogens with zero attached hydrogens (tertiary/aromatic N) is 2. The maximum atomic E-state index is 11.5. The minimum absolute atomic E-state index is 0.369. The first-order valence-corrected chi connectivity index (χ1v) is 8.57. The van der Waals surface area contributed by atoms with Crippen LogP contribution in [-0.2, 0) is 6.42 Å². The maximum Gasteiger partial charge on any atom is 0.335 e. The standard InChI is InChI=1S/C19H26N2O2/c1-13(2)21-12-15(6-9-20-7-4-5-8-20)17-11-16(19(22)23)14(3)10-18(17)21/h10-13H,4-9H2,1-3H3,(H,22,23). The fourth-order valence-electron chi connectivity index (χ4n) is 3.61. The first-order chi connectivity index (χ1) is 11.0. The van der Waals surface area contributed by atoms with Crippen LogP contribution in [0.4, 0.5) is 0 Å². The molecule has 1 aliphatic heterocycles. The Bertz CT molecular complexity index is 725. The molecule has 2 aromatic rings. The molecular weight excluding hydrogens is 288 g/mol. The van der Waals surface area contributed by atoms with Gasteiger partial charge in [0.1, 0.15) is 0 Å². The molecule has 0 spiro atoms. The van der Waals surface area contributed by atoms with Crippen LogP contribution in [0.25, 0.3) is 10.9 Å². The van der Waals surface area contributed by atoms with Crippen molar-refractivity contribution in [3.05, 3.63) is 35.0 Å². The van der Waals surface area contributed by atoms with Crippen molar-refractivity contribution in [1.82, 2.24) is 9.47 Å². The second-order valence-electron chi connectivity index (χ2n) is 6.94. The van der Waals surface area contributed by atoms with Crippen LogP contribution in [0.15, 0.2) is 18.3 Å². The van der Waals surface area contributed by atoms with Crippen molar-refractivity contribution in [3.8, 4) is 0 Å². The van der Waals surface area contributed by atoms with Crippen LogP contribution in [-0.4, -0.2) is 40.2 Å². The van der Waals surface area contributed by atoms with Crippen LogP contribution in [0.2, 0.25) is 0 Å². The molecule has 2 heterocycles. The normalized spacial score (nSPS) is 15.8. The predicted octanol–water partition coefficient (Wildman–Crippen LogP) is 3.87. The van der Waals surface area contributed by atoms with E-state index in [4.69, 9.17) is 0 Å². The van der Waals surface area contributed by atoms with Crippen molar-refractivity contribution < 1.29 is 9.90 Å². The van der Waals surface area contributed by atoms with Gasteiger partial charge in [-0.15, -0.1) is 0 Å². The van der Waals surface area contributed by atoms with Gasteiger partial charge in [-0.25, -0.2) is 4.79 Å². The number of aromatic carboxylic acids is 1. The highest BCUT2D eigenvalue weighted by Crippen LogP contribution is 2.28. The summed E-state index contributed by atoms with van der Waals surface area (Å²) in [6.45, 7) is 9.68. The number of fused-ring (bicyclic) bond motifs is 1. The molecule has 23 heavy (non-hydrogen) atoms. The molecule has 4 nitrogen and oxygen atoms in total. The van der Waals surface area contributed by atoms with Crippen molar-refractivity contribution in [1.29, 1.82) is 0 Å². The van der Waals surface area contributed by atoms with E-state index >= 15 is 0 Å². The third-order valence-electron chi connectivity index (χ3n) is 4.94. The zero-order chi connectivity index (χ0) is 16.6. The highest BCUT2D eigenvalue weighted by Gasteiger charge is 2.17. The molecule has 4 heteroatoms. The Morgan fingerprint density at radius 2 is 1.96 bits per heavy atom. The summed E-state index contributed by atoms with van der Waals surface area (Å²) in [5.74, 6) is -0.841. The molecule has 124 valence electrons. The Morgan fingerprint density at radius 3 is 2.57 bits per heavy atom. The van der Waals surface area contributed by atoms with Crippen molar-refractivity contribution in [2.24, 2.45) is 0 Å². The quantitative estimate of drug-likeness (QED) is 0.911. The molecule has 0 amide bonds. The van der Waals surface area contributed by atoms with Gasteiger partial charge >= 0.3 is 5.97 Å². The SMILES string of the molecule is Cc1cc2c(cc1C(=O)O)c(CCN1CCCC1)cn2C(C)C. The molecule has 0 atom stereocenters. The summed E-state index contributed by atoms with van der Waals surface area (Å²) in [6.07, 6.45) is 5.81. The zero-order valence-electron chi connectivity index (χ0n) is 14.3.